The number of para-hydroxylation sites is 1. The van der Waals surface area contributed by atoms with Gasteiger partial charge in [0, 0.05) is 30.2 Å². The fourth-order valence-electron chi connectivity index (χ4n) is 3.18. The molecular weight excluding hydrogens is 466 g/mol. The van der Waals surface area contributed by atoms with Crippen LogP contribution in [0.5, 0.6) is 0 Å². The predicted molar refractivity (Wildman–Crippen MR) is 132 cm³/mol. The van der Waals surface area contributed by atoms with Crippen LogP contribution in [0.25, 0.3) is 0 Å². The molecule has 0 aliphatic rings. The minimum atomic E-state index is -0.475. The Morgan fingerprint density at radius 1 is 0.909 bits per heavy atom. The molecule has 0 aliphatic carbocycles. The number of carbonyl (C=O) groups is 2. The smallest absolute Gasteiger partial charge is 0.326 e. The molecule has 0 radical (unpaired) electrons. The van der Waals surface area contributed by atoms with Crippen molar-refractivity contribution in [1.29, 1.82) is 0 Å². The largest absolute Gasteiger partial charge is 0.336 e. The molecule has 3 aromatic carbocycles. The summed E-state index contributed by atoms with van der Waals surface area (Å²) in [7, 11) is 0. The van der Waals surface area contributed by atoms with Crippen molar-refractivity contribution in [3.63, 3.8) is 0 Å². The van der Waals surface area contributed by atoms with Gasteiger partial charge in [-0.2, -0.15) is 0 Å². The Kier molecular flexibility index (Phi) is 8.14. The number of anilines is 3. The summed E-state index contributed by atoms with van der Waals surface area (Å²) < 4.78 is 13.4. The molecule has 0 bridgehead atoms. The summed E-state index contributed by atoms with van der Waals surface area (Å²) in [6.07, 6.45) is 0. The third kappa shape index (κ3) is 6.60. The lowest BCUT2D eigenvalue weighted by Gasteiger charge is -2.24. The van der Waals surface area contributed by atoms with Gasteiger partial charge in [-0.05, 0) is 67.4 Å². The van der Waals surface area contributed by atoms with Crippen LogP contribution in [0.15, 0.2) is 60.7 Å². The first-order chi connectivity index (χ1) is 15.7. The van der Waals surface area contributed by atoms with Crippen LogP contribution >= 0.6 is 23.2 Å². The molecule has 0 atom stereocenters. The number of aryl methyl sites for hydroxylation is 2. The molecular formula is C24H23Cl2FN4O2. The van der Waals surface area contributed by atoms with Gasteiger partial charge in [-0.25, -0.2) is 14.0 Å². The zero-order chi connectivity index (χ0) is 24.0. The zero-order valence-electron chi connectivity index (χ0n) is 18.1. The Morgan fingerprint density at radius 2 is 1.58 bits per heavy atom. The number of halogens is 3. The van der Waals surface area contributed by atoms with Gasteiger partial charge < -0.3 is 16.0 Å². The molecule has 3 aromatic rings. The number of carbonyl (C=O) groups excluding carboxylic acids is 2. The van der Waals surface area contributed by atoms with Crippen molar-refractivity contribution in [3.8, 4) is 0 Å². The normalized spacial score (nSPS) is 10.5. The van der Waals surface area contributed by atoms with E-state index in [9.17, 15) is 14.0 Å². The number of nitrogens with zero attached hydrogens (tertiary/aromatic N) is 1. The van der Waals surface area contributed by atoms with E-state index in [-0.39, 0.29) is 13.1 Å². The van der Waals surface area contributed by atoms with E-state index in [0.29, 0.717) is 21.4 Å². The molecule has 3 rings (SSSR count). The average molecular weight is 489 g/mol. The fraction of sp³-hybridized carbons (Fsp3) is 0.167. The number of rotatable bonds is 6. The monoisotopic (exact) mass is 488 g/mol. The van der Waals surface area contributed by atoms with E-state index in [2.05, 4.69) is 16.0 Å². The highest BCUT2D eigenvalue weighted by atomic mass is 35.5. The van der Waals surface area contributed by atoms with Gasteiger partial charge in [0.2, 0.25) is 0 Å². The summed E-state index contributed by atoms with van der Waals surface area (Å²) in [6.45, 7) is 4.11. The summed E-state index contributed by atoms with van der Waals surface area (Å²) >= 11 is 12.0. The molecule has 0 unspecified atom stereocenters. The van der Waals surface area contributed by atoms with Crippen LogP contribution in [0, 0.1) is 19.7 Å². The Bertz CT molecular complexity index is 1140. The number of hydrogen-bond acceptors (Lipinski definition) is 2. The van der Waals surface area contributed by atoms with Crippen molar-refractivity contribution in [2.45, 2.75) is 13.8 Å². The Hall–Kier alpha value is -3.29. The summed E-state index contributed by atoms with van der Waals surface area (Å²) in [5.41, 5.74) is 3.54. The quantitative estimate of drug-likeness (QED) is 0.365. The molecule has 0 aliphatic heterocycles. The predicted octanol–water partition coefficient (Wildman–Crippen LogP) is 6.61. The third-order valence-electron chi connectivity index (χ3n) is 4.89. The maximum absolute atomic E-state index is 13.4. The van der Waals surface area contributed by atoms with Crippen molar-refractivity contribution >= 4 is 52.3 Å². The first-order valence-electron chi connectivity index (χ1n) is 10.1. The van der Waals surface area contributed by atoms with Crippen LogP contribution in [0.4, 0.5) is 31.0 Å². The van der Waals surface area contributed by atoms with Gasteiger partial charge in [0.25, 0.3) is 0 Å². The second-order valence-electron chi connectivity index (χ2n) is 7.33. The highest BCUT2D eigenvalue weighted by Gasteiger charge is 2.17. The van der Waals surface area contributed by atoms with E-state index in [1.165, 1.54) is 35.2 Å². The molecule has 0 heterocycles. The van der Waals surface area contributed by atoms with E-state index in [0.717, 1.165) is 16.8 Å². The van der Waals surface area contributed by atoms with Gasteiger partial charge >= 0.3 is 12.1 Å². The highest BCUT2D eigenvalue weighted by molar-refractivity contribution is 6.42. The standard InChI is InChI=1S/C24H23Cl2FN4O2/c1-15-4-3-5-16(2)22(15)30-23(32)28-12-13-31(19-9-6-17(27)7-10-19)24(33)29-18-8-11-20(25)21(26)14-18/h3-11,14H,12-13H2,1-2H3,(H,29,33)(H2,28,30,32). The van der Waals surface area contributed by atoms with E-state index < -0.39 is 17.9 Å². The van der Waals surface area contributed by atoms with Crippen molar-refractivity contribution in [2.75, 3.05) is 28.6 Å². The van der Waals surface area contributed by atoms with E-state index in [1.54, 1.807) is 12.1 Å². The highest BCUT2D eigenvalue weighted by Crippen LogP contribution is 2.26. The lowest BCUT2D eigenvalue weighted by molar-refractivity contribution is 0.250. The molecule has 0 fully saturated rings. The van der Waals surface area contributed by atoms with Gasteiger partial charge in [-0.1, -0.05) is 41.4 Å². The van der Waals surface area contributed by atoms with Gasteiger partial charge in [0.05, 0.1) is 10.0 Å². The SMILES string of the molecule is Cc1cccc(C)c1NC(=O)NCCN(C(=O)Nc1ccc(Cl)c(Cl)c1)c1ccc(F)cc1. The third-order valence-corrected chi connectivity index (χ3v) is 5.63. The number of nitrogens with one attached hydrogen (secondary N) is 3. The van der Waals surface area contributed by atoms with Gasteiger partial charge in [0.1, 0.15) is 5.82 Å². The van der Waals surface area contributed by atoms with Crippen molar-refractivity contribution in [3.05, 3.63) is 87.7 Å². The van der Waals surface area contributed by atoms with E-state index in [4.69, 9.17) is 23.2 Å². The molecule has 6 nitrogen and oxygen atoms in total. The summed E-state index contributed by atoms with van der Waals surface area (Å²) in [6, 6.07) is 15.1. The van der Waals surface area contributed by atoms with Crippen molar-refractivity contribution in [2.24, 2.45) is 0 Å². The van der Waals surface area contributed by atoms with Crippen LogP contribution in [0.2, 0.25) is 10.0 Å². The second kappa shape index (κ2) is 11.0. The van der Waals surface area contributed by atoms with Crippen LogP contribution < -0.4 is 20.9 Å². The van der Waals surface area contributed by atoms with E-state index in [1.807, 2.05) is 32.0 Å². The summed E-state index contributed by atoms with van der Waals surface area (Å²) in [5.74, 6) is -0.422. The number of amides is 4. The van der Waals surface area contributed by atoms with Crippen LogP contribution in [0.1, 0.15) is 11.1 Å². The van der Waals surface area contributed by atoms with E-state index >= 15 is 0 Å². The average Bonchev–Trinajstić information content (AvgIpc) is 2.77. The van der Waals surface area contributed by atoms with Crippen molar-refractivity contribution < 1.29 is 14.0 Å². The molecule has 4 amide bonds. The molecule has 0 aromatic heterocycles. The number of hydrogen-bond donors (Lipinski definition) is 3. The summed E-state index contributed by atoms with van der Waals surface area (Å²) in [5, 5.41) is 8.98. The van der Waals surface area contributed by atoms with Crippen LogP contribution in [0.3, 0.4) is 0 Å². The van der Waals surface area contributed by atoms with Crippen LogP contribution in [-0.4, -0.2) is 25.2 Å². The first kappa shape index (κ1) is 24.4. The number of urea groups is 2. The maximum Gasteiger partial charge on any atom is 0.326 e. The molecule has 0 spiro atoms. The summed E-state index contributed by atoms with van der Waals surface area (Å²) in [4.78, 5) is 26.7. The fourth-order valence-corrected chi connectivity index (χ4v) is 3.48. The lowest BCUT2D eigenvalue weighted by atomic mass is 10.1. The molecule has 33 heavy (non-hydrogen) atoms. The molecule has 0 saturated heterocycles. The molecule has 0 saturated carbocycles. The molecule has 3 N–H and O–H groups in total. The topological polar surface area (TPSA) is 73.5 Å². The molecule has 9 heteroatoms. The maximum atomic E-state index is 13.4. The Balaban J connectivity index is 1.68. The number of benzene rings is 3. The Labute approximate surface area is 201 Å². The van der Waals surface area contributed by atoms with Gasteiger partial charge in [0.15, 0.2) is 0 Å². The second-order valence-corrected chi connectivity index (χ2v) is 8.15. The van der Waals surface area contributed by atoms with Gasteiger partial charge in [-0.3, -0.25) is 4.90 Å². The lowest BCUT2D eigenvalue weighted by Crippen LogP contribution is -2.42. The van der Waals surface area contributed by atoms with Gasteiger partial charge in [-0.15, -0.1) is 0 Å². The zero-order valence-corrected chi connectivity index (χ0v) is 19.6. The Morgan fingerprint density at radius 3 is 2.21 bits per heavy atom. The van der Waals surface area contributed by atoms with Crippen molar-refractivity contribution in [1.82, 2.24) is 5.32 Å². The first-order valence-corrected chi connectivity index (χ1v) is 10.9. The minimum Gasteiger partial charge on any atom is -0.336 e. The molecule has 172 valence electrons. The minimum absolute atomic E-state index is 0.138. The van der Waals surface area contributed by atoms with Crippen LogP contribution in [-0.2, 0) is 0 Å².